The van der Waals surface area contributed by atoms with Gasteiger partial charge in [0.25, 0.3) is 0 Å². The number of aromatic nitrogens is 4. The number of hydrogen-bond donors (Lipinski definition) is 2. The predicted molar refractivity (Wildman–Crippen MR) is 106 cm³/mol. The molecule has 3 heterocycles. The molecule has 28 heavy (non-hydrogen) atoms. The molecule has 2 aromatic heterocycles. The van der Waals surface area contributed by atoms with E-state index in [2.05, 4.69) is 20.5 Å². The fourth-order valence-corrected chi connectivity index (χ4v) is 3.97. The number of amides is 1. The second kappa shape index (κ2) is 6.75. The highest BCUT2D eigenvalue weighted by Gasteiger charge is 2.20. The molecule has 1 aliphatic heterocycles. The first-order valence-electron chi connectivity index (χ1n) is 8.88. The molecule has 0 bridgehead atoms. The molecule has 0 spiro atoms. The van der Waals surface area contributed by atoms with Crippen molar-refractivity contribution in [1.29, 1.82) is 0 Å². The summed E-state index contributed by atoms with van der Waals surface area (Å²) in [6.07, 6.45) is 0. The molecule has 0 aliphatic carbocycles. The number of benzene rings is 2. The maximum Gasteiger partial charge on any atom is 0.237 e. The lowest BCUT2D eigenvalue weighted by Crippen LogP contribution is -2.23. The smallest absolute Gasteiger partial charge is 0.237 e. The number of carbonyl (C=O) groups is 1. The van der Waals surface area contributed by atoms with Crippen LogP contribution in [-0.4, -0.2) is 44.0 Å². The third-order valence-corrected chi connectivity index (χ3v) is 5.52. The van der Waals surface area contributed by atoms with Crippen molar-refractivity contribution < 1.29 is 14.3 Å². The number of hydrogen-bond acceptors (Lipinski definition) is 6. The summed E-state index contributed by atoms with van der Waals surface area (Å²) in [5.74, 6) is 1.87. The third kappa shape index (κ3) is 2.93. The Morgan fingerprint density at radius 1 is 1.21 bits per heavy atom. The van der Waals surface area contributed by atoms with E-state index in [4.69, 9.17) is 9.47 Å². The summed E-state index contributed by atoms with van der Waals surface area (Å²) in [6, 6.07) is 13.2. The maximum absolute atomic E-state index is 12.7. The highest BCUT2D eigenvalue weighted by Crippen LogP contribution is 2.33. The summed E-state index contributed by atoms with van der Waals surface area (Å²) in [5.41, 5.74) is 2.50. The molecule has 1 amide bonds. The Morgan fingerprint density at radius 3 is 2.93 bits per heavy atom. The van der Waals surface area contributed by atoms with Crippen LogP contribution in [0.1, 0.15) is 6.92 Å². The predicted octanol–water partition coefficient (Wildman–Crippen LogP) is 3.10. The largest absolute Gasteiger partial charge is 0.486 e. The van der Waals surface area contributed by atoms with Gasteiger partial charge in [-0.2, -0.15) is 0 Å². The van der Waals surface area contributed by atoms with Gasteiger partial charge >= 0.3 is 0 Å². The van der Waals surface area contributed by atoms with E-state index >= 15 is 0 Å². The van der Waals surface area contributed by atoms with Crippen LogP contribution in [0.25, 0.3) is 16.8 Å². The van der Waals surface area contributed by atoms with Crippen molar-refractivity contribution in [2.75, 3.05) is 18.5 Å². The van der Waals surface area contributed by atoms with E-state index in [9.17, 15) is 4.79 Å². The highest BCUT2D eigenvalue weighted by atomic mass is 32.2. The van der Waals surface area contributed by atoms with Gasteiger partial charge in [0.05, 0.1) is 16.3 Å². The number of anilines is 1. The highest BCUT2D eigenvalue weighted by molar-refractivity contribution is 8.00. The number of rotatable bonds is 4. The fourth-order valence-electron chi connectivity index (χ4n) is 3.10. The quantitative estimate of drug-likeness (QED) is 0.516. The van der Waals surface area contributed by atoms with Crippen LogP contribution in [0.4, 0.5) is 5.69 Å². The van der Waals surface area contributed by atoms with E-state index in [-0.39, 0.29) is 11.2 Å². The SMILES string of the molecule is C[C@@H](Sc1n[nH]c2nc3ccccc3n12)C(=O)Nc1ccc2c(c1)OCCO2. The van der Waals surface area contributed by atoms with Gasteiger partial charge in [-0.05, 0) is 31.2 Å². The standard InChI is InChI=1S/C19H17N5O3S/c1-11(17(25)20-12-6-7-15-16(10-12)27-9-8-26-15)28-19-23-22-18-21-13-4-2-3-5-14(13)24(18)19/h2-7,10-11H,8-9H2,1H3,(H,20,25)(H,21,22)/t11-/m1/s1. The lowest BCUT2D eigenvalue weighted by Gasteiger charge is -2.19. The van der Waals surface area contributed by atoms with E-state index in [0.717, 1.165) is 11.0 Å². The number of nitrogens with zero attached hydrogens (tertiary/aromatic N) is 3. The van der Waals surface area contributed by atoms with Crippen molar-refractivity contribution in [3.05, 3.63) is 42.5 Å². The second-order valence-electron chi connectivity index (χ2n) is 6.37. The number of imidazole rings is 1. The number of para-hydroxylation sites is 2. The van der Waals surface area contributed by atoms with Crippen molar-refractivity contribution in [3.63, 3.8) is 0 Å². The van der Waals surface area contributed by atoms with Crippen LogP contribution in [0.2, 0.25) is 0 Å². The van der Waals surface area contributed by atoms with Crippen molar-refractivity contribution in [2.24, 2.45) is 0 Å². The Morgan fingerprint density at radius 2 is 2.04 bits per heavy atom. The molecule has 1 atom stereocenters. The topological polar surface area (TPSA) is 93.5 Å². The Kier molecular flexibility index (Phi) is 4.09. The summed E-state index contributed by atoms with van der Waals surface area (Å²) in [5, 5.41) is 10.5. The number of H-pyrrole nitrogens is 1. The molecule has 1 aliphatic rings. The number of aromatic amines is 1. The number of ether oxygens (including phenoxy) is 2. The molecule has 0 saturated heterocycles. The van der Waals surface area contributed by atoms with Crippen molar-refractivity contribution in [1.82, 2.24) is 19.6 Å². The van der Waals surface area contributed by atoms with E-state index in [1.54, 1.807) is 18.2 Å². The van der Waals surface area contributed by atoms with Gasteiger partial charge in [-0.25, -0.2) is 10.1 Å². The Hall–Kier alpha value is -3.20. The third-order valence-electron chi connectivity index (χ3n) is 4.46. The Balaban J connectivity index is 1.35. The average Bonchev–Trinajstić information content (AvgIpc) is 3.27. The molecule has 0 saturated carbocycles. The van der Waals surface area contributed by atoms with Crippen LogP contribution in [0.15, 0.2) is 47.6 Å². The molecular weight excluding hydrogens is 378 g/mol. The van der Waals surface area contributed by atoms with Crippen molar-refractivity contribution >= 4 is 40.2 Å². The Labute approximate surface area is 164 Å². The van der Waals surface area contributed by atoms with Gasteiger partial charge in [0.15, 0.2) is 16.7 Å². The first-order chi connectivity index (χ1) is 13.7. The van der Waals surface area contributed by atoms with E-state index < -0.39 is 0 Å². The molecular formula is C19H17N5O3S. The van der Waals surface area contributed by atoms with Gasteiger partial charge < -0.3 is 14.8 Å². The van der Waals surface area contributed by atoms with E-state index in [0.29, 0.717) is 41.3 Å². The number of nitrogens with one attached hydrogen (secondary N) is 2. The van der Waals surface area contributed by atoms with Crippen LogP contribution >= 0.6 is 11.8 Å². The van der Waals surface area contributed by atoms with Gasteiger partial charge in [-0.3, -0.25) is 9.20 Å². The number of carbonyl (C=O) groups excluding carboxylic acids is 1. The average molecular weight is 395 g/mol. The molecule has 0 unspecified atom stereocenters. The summed E-state index contributed by atoms with van der Waals surface area (Å²) < 4.78 is 13.0. The molecule has 0 radical (unpaired) electrons. The minimum atomic E-state index is -0.360. The number of fused-ring (bicyclic) bond motifs is 4. The van der Waals surface area contributed by atoms with Gasteiger partial charge in [0, 0.05) is 11.8 Å². The molecule has 2 aromatic carbocycles. The summed E-state index contributed by atoms with van der Waals surface area (Å²) in [6.45, 7) is 2.88. The van der Waals surface area contributed by atoms with Crippen LogP contribution in [0, 0.1) is 0 Å². The molecule has 8 nitrogen and oxygen atoms in total. The van der Waals surface area contributed by atoms with Crippen molar-refractivity contribution in [2.45, 2.75) is 17.3 Å². The van der Waals surface area contributed by atoms with E-state index in [1.165, 1.54) is 11.8 Å². The maximum atomic E-state index is 12.7. The fraction of sp³-hybridized carbons (Fsp3) is 0.211. The molecule has 4 aromatic rings. The van der Waals surface area contributed by atoms with Gasteiger partial charge in [0.2, 0.25) is 11.7 Å². The monoisotopic (exact) mass is 395 g/mol. The zero-order chi connectivity index (χ0) is 19.1. The number of thioether (sulfide) groups is 1. The first-order valence-corrected chi connectivity index (χ1v) is 9.76. The summed E-state index contributed by atoms with van der Waals surface area (Å²) >= 11 is 1.37. The van der Waals surface area contributed by atoms with Crippen LogP contribution in [0.5, 0.6) is 11.5 Å². The second-order valence-corrected chi connectivity index (χ2v) is 7.68. The lowest BCUT2D eigenvalue weighted by molar-refractivity contribution is -0.115. The zero-order valence-electron chi connectivity index (χ0n) is 15.0. The van der Waals surface area contributed by atoms with Crippen LogP contribution in [0.3, 0.4) is 0 Å². The van der Waals surface area contributed by atoms with Crippen LogP contribution < -0.4 is 14.8 Å². The summed E-state index contributed by atoms with van der Waals surface area (Å²) in [7, 11) is 0. The molecule has 5 rings (SSSR count). The van der Waals surface area contributed by atoms with Gasteiger partial charge in [0.1, 0.15) is 13.2 Å². The normalized spacial score (nSPS) is 14.3. The molecule has 142 valence electrons. The Bertz CT molecular complexity index is 1180. The van der Waals surface area contributed by atoms with Crippen molar-refractivity contribution in [3.8, 4) is 11.5 Å². The summed E-state index contributed by atoms with van der Waals surface area (Å²) in [4.78, 5) is 17.2. The van der Waals surface area contributed by atoms with Gasteiger partial charge in [-0.1, -0.05) is 23.9 Å². The molecule has 2 N–H and O–H groups in total. The molecule has 9 heteroatoms. The first kappa shape index (κ1) is 16.9. The molecule has 0 fully saturated rings. The van der Waals surface area contributed by atoms with E-state index in [1.807, 2.05) is 35.6 Å². The van der Waals surface area contributed by atoms with Gasteiger partial charge in [-0.15, -0.1) is 5.10 Å². The zero-order valence-corrected chi connectivity index (χ0v) is 15.8. The minimum Gasteiger partial charge on any atom is -0.486 e. The minimum absolute atomic E-state index is 0.123. The van der Waals surface area contributed by atoms with Crippen LogP contribution in [-0.2, 0) is 4.79 Å². The lowest BCUT2D eigenvalue weighted by atomic mass is 10.2.